The van der Waals surface area contributed by atoms with Gasteiger partial charge in [0.15, 0.2) is 6.10 Å². The predicted octanol–water partition coefficient (Wildman–Crippen LogP) is 0.636. The molecule has 0 aliphatic carbocycles. The average molecular weight is 198 g/mol. The first-order valence-corrected chi connectivity index (χ1v) is 5.07. The number of hydrogen-bond acceptors (Lipinski definition) is 4. The van der Waals surface area contributed by atoms with Gasteiger partial charge in [-0.15, -0.1) is 0 Å². The van der Waals surface area contributed by atoms with Crippen LogP contribution in [0.4, 0.5) is 0 Å². The quantitative estimate of drug-likeness (QED) is 0.665. The van der Waals surface area contributed by atoms with Crippen LogP contribution >= 0.6 is 0 Å². The molecule has 0 amide bonds. The van der Waals surface area contributed by atoms with E-state index in [0.29, 0.717) is 13.2 Å². The van der Waals surface area contributed by atoms with E-state index in [1.807, 2.05) is 13.8 Å². The normalized spacial score (nSPS) is 23.7. The van der Waals surface area contributed by atoms with Crippen molar-refractivity contribution in [2.75, 3.05) is 32.8 Å². The van der Waals surface area contributed by atoms with Gasteiger partial charge in [0.1, 0.15) is 0 Å². The van der Waals surface area contributed by atoms with Crippen LogP contribution < -0.4 is 0 Å². The highest BCUT2D eigenvalue weighted by Gasteiger charge is 2.19. The summed E-state index contributed by atoms with van der Waals surface area (Å²) < 4.78 is 10.7. The van der Waals surface area contributed by atoms with Crippen molar-refractivity contribution in [2.24, 2.45) is 0 Å². The Labute approximate surface area is 85.4 Å². The SMILES string of the molecule is CC(C)OCCN1CCOC(C#N)C1. The number of hydrogen-bond donors (Lipinski definition) is 0. The van der Waals surface area contributed by atoms with Crippen LogP contribution in [-0.4, -0.2) is 50.0 Å². The van der Waals surface area contributed by atoms with Crippen molar-refractivity contribution in [1.82, 2.24) is 4.90 Å². The van der Waals surface area contributed by atoms with Crippen LogP contribution in [0.15, 0.2) is 0 Å². The minimum atomic E-state index is -0.261. The molecule has 80 valence electrons. The maximum absolute atomic E-state index is 8.69. The summed E-state index contributed by atoms with van der Waals surface area (Å²) >= 11 is 0. The predicted molar refractivity (Wildman–Crippen MR) is 52.9 cm³/mol. The maximum atomic E-state index is 8.69. The summed E-state index contributed by atoms with van der Waals surface area (Å²) in [6.45, 7) is 7.93. The van der Waals surface area contributed by atoms with Gasteiger partial charge in [-0.3, -0.25) is 4.90 Å². The molecule has 0 bridgehead atoms. The van der Waals surface area contributed by atoms with Gasteiger partial charge in [-0.2, -0.15) is 5.26 Å². The van der Waals surface area contributed by atoms with Crippen molar-refractivity contribution in [3.05, 3.63) is 0 Å². The first kappa shape index (κ1) is 11.4. The third-order valence-electron chi connectivity index (χ3n) is 2.15. The van der Waals surface area contributed by atoms with Gasteiger partial charge in [0.2, 0.25) is 0 Å². The first-order chi connectivity index (χ1) is 6.72. The summed E-state index contributed by atoms with van der Waals surface area (Å²) in [7, 11) is 0. The molecule has 1 aliphatic rings. The maximum Gasteiger partial charge on any atom is 0.156 e. The van der Waals surface area contributed by atoms with E-state index in [1.54, 1.807) is 0 Å². The summed E-state index contributed by atoms with van der Waals surface area (Å²) in [6.07, 6.45) is 0.0191. The summed E-state index contributed by atoms with van der Waals surface area (Å²) in [5.74, 6) is 0. The van der Waals surface area contributed by atoms with E-state index >= 15 is 0 Å². The minimum Gasteiger partial charge on any atom is -0.377 e. The summed E-state index contributed by atoms with van der Waals surface area (Å²) in [6, 6.07) is 2.13. The van der Waals surface area contributed by atoms with E-state index in [0.717, 1.165) is 19.7 Å². The molecule has 1 atom stereocenters. The number of nitriles is 1. The fraction of sp³-hybridized carbons (Fsp3) is 0.900. The molecule has 4 nitrogen and oxygen atoms in total. The zero-order valence-corrected chi connectivity index (χ0v) is 8.90. The first-order valence-electron chi connectivity index (χ1n) is 5.07. The minimum absolute atomic E-state index is 0.261. The largest absolute Gasteiger partial charge is 0.377 e. The molecule has 1 unspecified atom stereocenters. The van der Waals surface area contributed by atoms with Gasteiger partial charge in [0.25, 0.3) is 0 Å². The molecule has 0 aromatic carbocycles. The van der Waals surface area contributed by atoms with E-state index in [4.69, 9.17) is 14.7 Å². The molecular weight excluding hydrogens is 180 g/mol. The lowest BCUT2D eigenvalue weighted by atomic mass is 10.3. The van der Waals surface area contributed by atoms with E-state index in [9.17, 15) is 0 Å². The third kappa shape index (κ3) is 4.05. The van der Waals surface area contributed by atoms with Crippen LogP contribution in [0.2, 0.25) is 0 Å². The van der Waals surface area contributed by atoms with Gasteiger partial charge in [-0.05, 0) is 13.8 Å². The van der Waals surface area contributed by atoms with Crippen LogP contribution in [0.1, 0.15) is 13.8 Å². The molecule has 0 N–H and O–H groups in total. The second-order valence-corrected chi connectivity index (χ2v) is 3.71. The Bertz CT molecular complexity index is 201. The van der Waals surface area contributed by atoms with Gasteiger partial charge >= 0.3 is 0 Å². The molecule has 1 saturated heterocycles. The fourth-order valence-electron chi connectivity index (χ4n) is 1.40. The van der Waals surface area contributed by atoms with E-state index < -0.39 is 0 Å². The summed E-state index contributed by atoms with van der Waals surface area (Å²) in [4.78, 5) is 2.21. The number of morpholine rings is 1. The topological polar surface area (TPSA) is 45.5 Å². The summed E-state index contributed by atoms with van der Waals surface area (Å²) in [5.41, 5.74) is 0. The molecule has 1 fully saturated rings. The highest BCUT2D eigenvalue weighted by molar-refractivity contribution is 4.89. The molecule has 0 radical (unpaired) electrons. The number of rotatable bonds is 4. The van der Waals surface area contributed by atoms with Gasteiger partial charge < -0.3 is 9.47 Å². The van der Waals surface area contributed by atoms with Gasteiger partial charge in [-0.25, -0.2) is 0 Å². The van der Waals surface area contributed by atoms with Gasteiger partial charge in [-0.1, -0.05) is 0 Å². The van der Waals surface area contributed by atoms with Crippen molar-refractivity contribution < 1.29 is 9.47 Å². The Morgan fingerprint density at radius 1 is 1.64 bits per heavy atom. The molecule has 0 spiro atoms. The lowest BCUT2D eigenvalue weighted by Gasteiger charge is -2.29. The lowest BCUT2D eigenvalue weighted by Crippen LogP contribution is -2.43. The van der Waals surface area contributed by atoms with Crippen molar-refractivity contribution in [3.8, 4) is 6.07 Å². The molecule has 0 saturated carbocycles. The van der Waals surface area contributed by atoms with Crippen molar-refractivity contribution in [3.63, 3.8) is 0 Å². The van der Waals surface area contributed by atoms with Crippen LogP contribution in [-0.2, 0) is 9.47 Å². The molecule has 14 heavy (non-hydrogen) atoms. The van der Waals surface area contributed by atoms with E-state index in [1.165, 1.54) is 0 Å². The van der Waals surface area contributed by atoms with Gasteiger partial charge in [0.05, 0.1) is 25.4 Å². The smallest absolute Gasteiger partial charge is 0.156 e. The molecular formula is C10H18N2O2. The molecule has 0 aromatic rings. The second kappa shape index (κ2) is 5.97. The molecule has 1 aliphatic heterocycles. The Balaban J connectivity index is 2.15. The Kier molecular flexibility index (Phi) is 4.88. The Hall–Kier alpha value is -0.630. The second-order valence-electron chi connectivity index (χ2n) is 3.71. The van der Waals surface area contributed by atoms with Crippen LogP contribution in [0.25, 0.3) is 0 Å². The Morgan fingerprint density at radius 3 is 3.07 bits per heavy atom. The van der Waals surface area contributed by atoms with E-state index in [2.05, 4.69) is 11.0 Å². The monoisotopic (exact) mass is 198 g/mol. The lowest BCUT2D eigenvalue weighted by molar-refractivity contribution is -0.0163. The van der Waals surface area contributed by atoms with Crippen LogP contribution in [0, 0.1) is 11.3 Å². The molecule has 1 rings (SSSR count). The average Bonchev–Trinajstić information content (AvgIpc) is 2.18. The van der Waals surface area contributed by atoms with Crippen molar-refractivity contribution in [2.45, 2.75) is 26.1 Å². The zero-order valence-electron chi connectivity index (χ0n) is 8.90. The fourth-order valence-corrected chi connectivity index (χ4v) is 1.40. The van der Waals surface area contributed by atoms with Gasteiger partial charge in [0, 0.05) is 19.6 Å². The van der Waals surface area contributed by atoms with Crippen LogP contribution in [0.5, 0.6) is 0 Å². The highest BCUT2D eigenvalue weighted by atomic mass is 16.5. The summed E-state index contributed by atoms with van der Waals surface area (Å²) in [5, 5.41) is 8.69. The van der Waals surface area contributed by atoms with E-state index in [-0.39, 0.29) is 12.2 Å². The third-order valence-corrected chi connectivity index (χ3v) is 2.15. The van der Waals surface area contributed by atoms with Crippen LogP contribution in [0.3, 0.4) is 0 Å². The number of nitrogens with zero attached hydrogens (tertiary/aromatic N) is 2. The molecule has 1 heterocycles. The Morgan fingerprint density at radius 2 is 2.43 bits per heavy atom. The number of ether oxygens (including phenoxy) is 2. The highest BCUT2D eigenvalue weighted by Crippen LogP contribution is 2.03. The molecule has 0 aromatic heterocycles. The van der Waals surface area contributed by atoms with Crippen molar-refractivity contribution in [1.29, 1.82) is 5.26 Å². The molecule has 4 heteroatoms. The zero-order chi connectivity index (χ0) is 10.4. The van der Waals surface area contributed by atoms with Crippen molar-refractivity contribution >= 4 is 0 Å². The standard InChI is InChI=1S/C10H18N2O2/c1-9(2)13-5-3-12-4-6-14-10(7-11)8-12/h9-10H,3-6,8H2,1-2H3.